The predicted octanol–water partition coefficient (Wildman–Crippen LogP) is 1.11. The van der Waals surface area contributed by atoms with Gasteiger partial charge in [-0.25, -0.2) is 0 Å². The third kappa shape index (κ3) is 5.51. The van der Waals surface area contributed by atoms with Gasteiger partial charge in [0.2, 0.25) is 12.3 Å². The number of carbonyl (C=O) groups is 6. The fraction of sp³-hybridized carbons (Fsp3) is 0.185. The molecule has 4 amide bonds. The average molecular weight is 517 g/mol. The van der Waals surface area contributed by atoms with Crippen LogP contribution >= 0.6 is 0 Å². The summed E-state index contributed by atoms with van der Waals surface area (Å²) in [6.07, 6.45) is 0.204. The number of anilines is 2. The summed E-state index contributed by atoms with van der Waals surface area (Å²) in [6, 6.07) is 16.4. The van der Waals surface area contributed by atoms with Crippen LogP contribution in [-0.2, 0) is 24.0 Å². The second-order valence-corrected chi connectivity index (χ2v) is 8.63. The summed E-state index contributed by atoms with van der Waals surface area (Å²) in [5.74, 6) is -3.27. The lowest BCUT2D eigenvalue weighted by Crippen LogP contribution is -2.54. The van der Waals surface area contributed by atoms with Gasteiger partial charge in [0.1, 0.15) is 18.9 Å². The highest BCUT2D eigenvalue weighted by molar-refractivity contribution is 6.12. The maximum atomic E-state index is 13.7. The molecule has 1 aliphatic heterocycles. The van der Waals surface area contributed by atoms with Gasteiger partial charge in [0.05, 0.1) is 30.4 Å². The maximum absolute atomic E-state index is 13.7. The van der Waals surface area contributed by atoms with Gasteiger partial charge in [-0.1, -0.05) is 48.5 Å². The van der Waals surface area contributed by atoms with Gasteiger partial charge in [0.15, 0.2) is 0 Å². The highest BCUT2D eigenvalue weighted by atomic mass is 16.4. The zero-order valence-corrected chi connectivity index (χ0v) is 20.1. The van der Waals surface area contributed by atoms with Crippen LogP contribution in [-0.4, -0.2) is 66.7 Å². The lowest BCUT2D eigenvalue weighted by atomic mass is 10.0. The van der Waals surface area contributed by atoms with Crippen molar-refractivity contribution in [1.29, 1.82) is 0 Å². The number of fused-ring (bicyclic) bond motifs is 2. The minimum atomic E-state index is -1.29. The first kappa shape index (κ1) is 26.0. The van der Waals surface area contributed by atoms with Gasteiger partial charge in [0.25, 0.3) is 11.8 Å². The largest absolute Gasteiger partial charge is 0.481 e. The summed E-state index contributed by atoms with van der Waals surface area (Å²) >= 11 is 0. The van der Waals surface area contributed by atoms with Crippen LogP contribution in [0.5, 0.6) is 0 Å². The van der Waals surface area contributed by atoms with E-state index in [0.29, 0.717) is 29.3 Å². The van der Waals surface area contributed by atoms with Crippen molar-refractivity contribution in [3.05, 3.63) is 72.3 Å². The van der Waals surface area contributed by atoms with E-state index in [-0.39, 0.29) is 12.2 Å². The molecule has 194 valence electrons. The number of para-hydroxylation sites is 2. The molecule has 4 rings (SSSR count). The Labute approximate surface area is 217 Å². The molecule has 38 heavy (non-hydrogen) atoms. The fourth-order valence-electron chi connectivity index (χ4n) is 4.36. The summed E-state index contributed by atoms with van der Waals surface area (Å²) in [6.45, 7) is -0.767. The number of nitrogens with zero attached hydrogens (tertiary/aromatic N) is 2. The molecular formula is C27H24N4O7. The van der Waals surface area contributed by atoms with Gasteiger partial charge in [-0.3, -0.25) is 28.9 Å². The summed E-state index contributed by atoms with van der Waals surface area (Å²) in [5.41, 5.74) is 0.910. The summed E-state index contributed by atoms with van der Waals surface area (Å²) in [5, 5.41) is 15.4. The second-order valence-electron chi connectivity index (χ2n) is 8.63. The molecule has 1 aliphatic rings. The Kier molecular flexibility index (Phi) is 7.76. The summed E-state index contributed by atoms with van der Waals surface area (Å²) in [4.78, 5) is 76.3. The zero-order valence-electron chi connectivity index (χ0n) is 20.1. The van der Waals surface area contributed by atoms with E-state index in [0.717, 1.165) is 10.3 Å². The van der Waals surface area contributed by atoms with E-state index in [4.69, 9.17) is 5.11 Å². The number of hydrogen-bond acceptors (Lipinski definition) is 6. The highest BCUT2D eigenvalue weighted by Gasteiger charge is 2.36. The van der Waals surface area contributed by atoms with E-state index in [1.165, 1.54) is 4.90 Å². The van der Waals surface area contributed by atoms with Crippen molar-refractivity contribution in [2.24, 2.45) is 0 Å². The molecular weight excluding hydrogens is 492 g/mol. The monoisotopic (exact) mass is 516 g/mol. The number of aliphatic carboxylic acids is 1. The predicted molar refractivity (Wildman–Crippen MR) is 138 cm³/mol. The Morgan fingerprint density at radius 2 is 1.66 bits per heavy atom. The van der Waals surface area contributed by atoms with Crippen molar-refractivity contribution < 1.29 is 33.9 Å². The molecule has 3 N–H and O–H groups in total. The molecule has 1 unspecified atom stereocenters. The second kappa shape index (κ2) is 11.3. The number of aldehydes is 1. The maximum Gasteiger partial charge on any atom is 0.305 e. The Hall–Kier alpha value is -5.06. The molecule has 3 aromatic rings. The van der Waals surface area contributed by atoms with E-state index >= 15 is 0 Å². The van der Waals surface area contributed by atoms with Crippen molar-refractivity contribution >= 4 is 58.5 Å². The Morgan fingerprint density at radius 1 is 0.974 bits per heavy atom. The molecule has 0 spiro atoms. The van der Waals surface area contributed by atoms with E-state index in [1.807, 2.05) is 18.2 Å². The molecule has 1 heterocycles. The number of carboxylic acid groups (broad SMARTS) is 1. The lowest BCUT2D eigenvalue weighted by molar-refractivity contribution is -0.138. The highest BCUT2D eigenvalue weighted by Crippen LogP contribution is 2.32. The van der Waals surface area contributed by atoms with E-state index in [1.54, 1.807) is 48.5 Å². The van der Waals surface area contributed by atoms with Crippen LogP contribution in [0, 0.1) is 0 Å². The normalized spacial score (nSPS) is 15.7. The van der Waals surface area contributed by atoms with E-state index in [2.05, 4.69) is 10.6 Å². The van der Waals surface area contributed by atoms with Gasteiger partial charge in [-0.05, 0) is 29.0 Å². The van der Waals surface area contributed by atoms with Crippen molar-refractivity contribution in [3.63, 3.8) is 0 Å². The summed E-state index contributed by atoms with van der Waals surface area (Å²) < 4.78 is 0. The number of carbonyl (C=O) groups excluding carboxylic acids is 5. The van der Waals surface area contributed by atoms with Crippen molar-refractivity contribution in [3.8, 4) is 0 Å². The van der Waals surface area contributed by atoms with Gasteiger partial charge in [-0.2, -0.15) is 0 Å². The molecule has 0 aromatic heterocycles. The third-order valence-corrected chi connectivity index (χ3v) is 6.10. The van der Waals surface area contributed by atoms with Gasteiger partial charge in [-0.15, -0.1) is 0 Å². The van der Waals surface area contributed by atoms with E-state index in [9.17, 15) is 28.8 Å². The van der Waals surface area contributed by atoms with Crippen molar-refractivity contribution in [1.82, 2.24) is 10.6 Å². The van der Waals surface area contributed by atoms with Crippen LogP contribution in [0.4, 0.5) is 11.4 Å². The van der Waals surface area contributed by atoms with Gasteiger partial charge >= 0.3 is 5.97 Å². The Morgan fingerprint density at radius 3 is 2.37 bits per heavy atom. The number of rotatable bonds is 9. The SMILES string of the molecule is O=C[C@H](CC(=O)O)NC(=O)CN1C(=O)C(NC(=O)c2cccc3ccccc23)CN(C=O)c2ccccc21. The lowest BCUT2D eigenvalue weighted by Gasteiger charge is -2.25. The Bertz CT molecular complexity index is 1420. The standard InChI is InChI=1S/C27H24N4O7/c32-15-18(12-25(35)36)28-24(34)14-31-23-11-4-3-10-22(23)30(16-33)13-21(27(31)38)29-26(37)20-9-5-7-17-6-1-2-8-19(17)20/h1-11,15-16,18,21H,12-14H2,(H,28,34)(H,29,37)(H,35,36)/t18-,21?/m0/s1. The summed E-state index contributed by atoms with van der Waals surface area (Å²) in [7, 11) is 0. The first-order valence-corrected chi connectivity index (χ1v) is 11.7. The van der Waals surface area contributed by atoms with Gasteiger partial charge in [0, 0.05) is 5.56 Å². The van der Waals surface area contributed by atoms with E-state index < -0.39 is 48.7 Å². The zero-order chi connectivity index (χ0) is 27.2. The van der Waals surface area contributed by atoms with Crippen LogP contribution in [0.2, 0.25) is 0 Å². The minimum Gasteiger partial charge on any atom is -0.481 e. The molecule has 0 aliphatic carbocycles. The van der Waals surface area contributed by atoms with Crippen LogP contribution in [0.1, 0.15) is 16.8 Å². The van der Waals surface area contributed by atoms with Crippen LogP contribution in [0.3, 0.4) is 0 Å². The van der Waals surface area contributed by atoms with Crippen LogP contribution in [0.25, 0.3) is 10.8 Å². The molecule has 11 heteroatoms. The molecule has 0 saturated heterocycles. The molecule has 2 atom stereocenters. The topological polar surface area (TPSA) is 153 Å². The minimum absolute atomic E-state index is 0.191. The quantitative estimate of drug-likeness (QED) is 0.360. The molecule has 11 nitrogen and oxygen atoms in total. The molecule has 0 saturated carbocycles. The molecule has 0 fully saturated rings. The number of carboxylic acids is 1. The fourth-order valence-corrected chi connectivity index (χ4v) is 4.36. The number of nitrogens with one attached hydrogen (secondary N) is 2. The van der Waals surface area contributed by atoms with Crippen LogP contribution in [0.15, 0.2) is 66.7 Å². The van der Waals surface area contributed by atoms with Crippen LogP contribution < -0.4 is 20.4 Å². The number of amides is 4. The smallest absolute Gasteiger partial charge is 0.305 e. The third-order valence-electron chi connectivity index (χ3n) is 6.10. The first-order chi connectivity index (χ1) is 18.3. The van der Waals surface area contributed by atoms with Crippen molar-refractivity contribution in [2.45, 2.75) is 18.5 Å². The average Bonchev–Trinajstić information content (AvgIpc) is 3.02. The number of benzene rings is 3. The molecule has 0 radical (unpaired) electrons. The number of hydrogen-bond donors (Lipinski definition) is 3. The van der Waals surface area contributed by atoms with Crippen molar-refractivity contribution in [2.75, 3.05) is 22.9 Å². The Balaban J connectivity index is 1.64. The van der Waals surface area contributed by atoms with Gasteiger partial charge < -0.3 is 25.4 Å². The molecule has 3 aromatic carbocycles. The first-order valence-electron chi connectivity index (χ1n) is 11.7. The molecule has 0 bridgehead atoms.